The fourth-order valence-corrected chi connectivity index (χ4v) is 2.73. The number of nitro groups is 1. The predicted molar refractivity (Wildman–Crippen MR) is 104 cm³/mol. The molecule has 158 valence electrons. The first kappa shape index (κ1) is 19.8. The molecule has 0 saturated heterocycles. The first-order valence-corrected chi connectivity index (χ1v) is 9.06. The van der Waals surface area contributed by atoms with Gasteiger partial charge in [0.05, 0.1) is 4.92 Å². The molecule has 0 spiro atoms. The molecule has 12 heteroatoms. The first-order valence-electron chi connectivity index (χ1n) is 9.06. The molecule has 0 atom stereocenters. The van der Waals surface area contributed by atoms with Gasteiger partial charge in [-0.05, 0) is 30.3 Å². The number of nitrogens with one attached hydrogen (secondary N) is 2. The van der Waals surface area contributed by atoms with Crippen LogP contribution in [0.2, 0.25) is 0 Å². The molecule has 2 amide bonds. The number of rotatable bonds is 7. The summed E-state index contributed by atoms with van der Waals surface area (Å²) in [6.45, 7) is 0.378. The van der Waals surface area contributed by atoms with Crippen LogP contribution in [-0.4, -0.2) is 46.8 Å². The van der Waals surface area contributed by atoms with E-state index < -0.39 is 16.7 Å². The number of non-ortho nitro benzene ring substituents is 1. The molecular formula is C19H15N5O7. The number of nitro benzene ring substituents is 1. The maximum atomic E-state index is 12.2. The highest BCUT2D eigenvalue weighted by molar-refractivity contribution is 5.94. The predicted octanol–water partition coefficient (Wildman–Crippen LogP) is 1.53. The van der Waals surface area contributed by atoms with Crippen LogP contribution in [0.1, 0.15) is 21.0 Å². The highest BCUT2D eigenvalue weighted by Gasteiger charge is 2.19. The summed E-state index contributed by atoms with van der Waals surface area (Å²) in [6.07, 6.45) is 0. The number of carbonyl (C=O) groups is 2. The Kier molecular flexibility index (Phi) is 5.43. The molecule has 0 radical (unpaired) electrons. The van der Waals surface area contributed by atoms with Crippen LogP contribution in [0, 0.1) is 10.1 Å². The third-order valence-electron chi connectivity index (χ3n) is 4.29. The monoisotopic (exact) mass is 425 g/mol. The summed E-state index contributed by atoms with van der Waals surface area (Å²) >= 11 is 0. The van der Waals surface area contributed by atoms with E-state index in [1.54, 1.807) is 18.2 Å². The normalized spacial score (nSPS) is 11.7. The van der Waals surface area contributed by atoms with Crippen molar-refractivity contribution in [1.29, 1.82) is 0 Å². The van der Waals surface area contributed by atoms with Gasteiger partial charge in [0, 0.05) is 36.3 Å². The van der Waals surface area contributed by atoms with Crippen LogP contribution in [0.25, 0.3) is 11.4 Å². The lowest BCUT2D eigenvalue weighted by Gasteiger charge is -2.05. The molecule has 4 rings (SSSR count). The van der Waals surface area contributed by atoms with Crippen molar-refractivity contribution in [3.8, 4) is 22.9 Å². The number of nitrogens with zero attached hydrogens (tertiary/aromatic N) is 3. The van der Waals surface area contributed by atoms with Crippen molar-refractivity contribution >= 4 is 17.5 Å². The number of hydrogen-bond acceptors (Lipinski definition) is 9. The molecule has 31 heavy (non-hydrogen) atoms. The van der Waals surface area contributed by atoms with Gasteiger partial charge in [0.25, 0.3) is 11.6 Å². The number of hydrogen-bond donors (Lipinski definition) is 2. The number of ether oxygens (including phenoxy) is 2. The quantitative estimate of drug-likeness (QED) is 0.325. The minimum Gasteiger partial charge on any atom is -0.454 e. The third-order valence-corrected chi connectivity index (χ3v) is 4.29. The smallest absolute Gasteiger partial charge is 0.316 e. The number of carbonyl (C=O) groups excluding carboxylic acids is 2. The molecule has 0 fully saturated rings. The van der Waals surface area contributed by atoms with E-state index >= 15 is 0 Å². The van der Waals surface area contributed by atoms with Gasteiger partial charge in [-0.25, -0.2) is 0 Å². The summed E-state index contributed by atoms with van der Waals surface area (Å²) in [6, 6.07) is 10.3. The maximum absolute atomic E-state index is 12.2. The lowest BCUT2D eigenvalue weighted by Crippen LogP contribution is -2.34. The van der Waals surface area contributed by atoms with Gasteiger partial charge in [-0.15, -0.1) is 0 Å². The van der Waals surface area contributed by atoms with E-state index in [2.05, 4.69) is 20.8 Å². The third kappa shape index (κ3) is 4.42. The summed E-state index contributed by atoms with van der Waals surface area (Å²) < 4.78 is 15.5. The second kappa shape index (κ2) is 8.49. The zero-order valence-electron chi connectivity index (χ0n) is 15.9. The molecule has 1 aliphatic rings. The van der Waals surface area contributed by atoms with Crippen molar-refractivity contribution in [3.05, 3.63) is 64.0 Å². The standard InChI is InChI=1S/C19H15N5O7/c25-17(11-1-4-13(5-2-11)24(27)28)20-7-8-21-18(26)19-22-16(23-31-19)12-3-6-14-15(9-12)30-10-29-14/h1-6,9H,7-8,10H2,(H,20,25)(H,21,26). The maximum Gasteiger partial charge on any atom is 0.316 e. The van der Waals surface area contributed by atoms with Gasteiger partial charge in [-0.2, -0.15) is 4.98 Å². The Morgan fingerprint density at radius 1 is 1.00 bits per heavy atom. The Bertz CT molecular complexity index is 1140. The largest absolute Gasteiger partial charge is 0.454 e. The summed E-state index contributed by atoms with van der Waals surface area (Å²) in [5.41, 5.74) is 0.757. The first-order chi connectivity index (χ1) is 15.0. The van der Waals surface area contributed by atoms with E-state index in [-0.39, 0.29) is 42.8 Å². The Balaban J connectivity index is 1.27. The van der Waals surface area contributed by atoms with Crippen LogP contribution >= 0.6 is 0 Å². The van der Waals surface area contributed by atoms with Crippen molar-refractivity contribution < 1.29 is 28.5 Å². The molecule has 1 aromatic heterocycles. The van der Waals surface area contributed by atoms with Crippen molar-refractivity contribution in [2.24, 2.45) is 0 Å². The Morgan fingerprint density at radius 3 is 2.45 bits per heavy atom. The van der Waals surface area contributed by atoms with Gasteiger partial charge in [0.2, 0.25) is 12.6 Å². The molecule has 0 bridgehead atoms. The van der Waals surface area contributed by atoms with Crippen molar-refractivity contribution in [2.45, 2.75) is 0 Å². The van der Waals surface area contributed by atoms with E-state index in [0.29, 0.717) is 17.1 Å². The van der Waals surface area contributed by atoms with Crippen LogP contribution in [0.4, 0.5) is 5.69 Å². The molecule has 2 N–H and O–H groups in total. The summed E-state index contributed by atoms with van der Waals surface area (Å²) in [7, 11) is 0. The van der Waals surface area contributed by atoms with E-state index in [4.69, 9.17) is 14.0 Å². The highest BCUT2D eigenvalue weighted by Crippen LogP contribution is 2.35. The van der Waals surface area contributed by atoms with Crippen molar-refractivity contribution in [2.75, 3.05) is 19.9 Å². The SMILES string of the molecule is O=C(NCCNC(=O)c1nc(-c2ccc3c(c2)OCO3)no1)c1ccc([N+](=O)[O-])cc1. The molecule has 0 aliphatic carbocycles. The molecule has 3 aromatic rings. The van der Waals surface area contributed by atoms with Gasteiger partial charge in [-0.1, -0.05) is 5.16 Å². The Hall–Kier alpha value is -4.48. The van der Waals surface area contributed by atoms with E-state index in [9.17, 15) is 19.7 Å². The van der Waals surface area contributed by atoms with E-state index in [0.717, 1.165) is 0 Å². The van der Waals surface area contributed by atoms with Crippen molar-refractivity contribution in [3.63, 3.8) is 0 Å². The summed E-state index contributed by atoms with van der Waals surface area (Å²) in [5, 5.41) is 19.6. The van der Waals surface area contributed by atoms with E-state index in [1.165, 1.54) is 24.3 Å². The van der Waals surface area contributed by atoms with Crippen LogP contribution in [-0.2, 0) is 0 Å². The van der Waals surface area contributed by atoms with Crippen molar-refractivity contribution in [1.82, 2.24) is 20.8 Å². The fourth-order valence-electron chi connectivity index (χ4n) is 2.73. The van der Waals surface area contributed by atoms with E-state index in [1.807, 2.05) is 0 Å². The zero-order chi connectivity index (χ0) is 21.8. The van der Waals surface area contributed by atoms with Gasteiger partial charge in [-0.3, -0.25) is 19.7 Å². The lowest BCUT2D eigenvalue weighted by molar-refractivity contribution is -0.384. The Labute approximate surface area is 174 Å². The second-order valence-corrected chi connectivity index (χ2v) is 6.31. The highest BCUT2D eigenvalue weighted by atomic mass is 16.7. The number of fused-ring (bicyclic) bond motifs is 1. The minimum absolute atomic E-state index is 0.108. The molecule has 1 aliphatic heterocycles. The molecular weight excluding hydrogens is 410 g/mol. The van der Waals surface area contributed by atoms with Crippen LogP contribution in [0.15, 0.2) is 47.0 Å². The fraction of sp³-hybridized carbons (Fsp3) is 0.158. The van der Waals surface area contributed by atoms with Crippen LogP contribution < -0.4 is 20.1 Å². The van der Waals surface area contributed by atoms with Gasteiger partial charge >= 0.3 is 11.8 Å². The van der Waals surface area contributed by atoms with Crippen LogP contribution in [0.5, 0.6) is 11.5 Å². The van der Waals surface area contributed by atoms with Gasteiger partial charge in [0.15, 0.2) is 11.5 Å². The minimum atomic E-state index is -0.593. The zero-order valence-corrected chi connectivity index (χ0v) is 15.9. The number of benzene rings is 2. The molecule has 2 aromatic carbocycles. The lowest BCUT2D eigenvalue weighted by atomic mass is 10.2. The molecule has 0 unspecified atom stereocenters. The number of amides is 2. The van der Waals surface area contributed by atoms with Gasteiger partial charge in [0.1, 0.15) is 0 Å². The summed E-state index contributed by atoms with van der Waals surface area (Å²) in [4.78, 5) is 38.3. The summed E-state index contributed by atoms with van der Waals surface area (Å²) in [5.74, 6) is 0.137. The number of aromatic nitrogens is 2. The Morgan fingerprint density at radius 2 is 1.71 bits per heavy atom. The average molecular weight is 425 g/mol. The molecule has 0 saturated carbocycles. The molecule has 2 heterocycles. The second-order valence-electron chi connectivity index (χ2n) is 6.31. The topological polar surface area (TPSA) is 159 Å². The van der Waals surface area contributed by atoms with Crippen LogP contribution in [0.3, 0.4) is 0 Å². The average Bonchev–Trinajstić information content (AvgIpc) is 3.45. The van der Waals surface area contributed by atoms with Gasteiger partial charge < -0.3 is 24.6 Å². The molecule has 12 nitrogen and oxygen atoms in total.